The molecule has 0 aliphatic carbocycles. The van der Waals surface area contributed by atoms with E-state index in [0.717, 1.165) is 0 Å². The first-order valence-electron chi connectivity index (χ1n) is 4.75. The summed E-state index contributed by atoms with van der Waals surface area (Å²) in [5.74, 6) is -1.05. The maximum atomic E-state index is 12.3. The Bertz CT molecular complexity index is 513. The molecular weight excluding hydrogens is 337 g/mol. The fourth-order valence-electron chi connectivity index (χ4n) is 1.25. The minimum absolute atomic E-state index is 0.0272. The molecule has 0 fully saturated rings. The van der Waals surface area contributed by atoms with Gasteiger partial charge in [-0.2, -0.15) is 13.2 Å². The molecule has 0 bridgehead atoms. The van der Waals surface area contributed by atoms with Crippen molar-refractivity contribution in [2.24, 2.45) is 0 Å². The summed E-state index contributed by atoms with van der Waals surface area (Å²) in [6.07, 6.45) is -4.62. The second-order valence-corrected chi connectivity index (χ2v) is 6.55. The van der Waals surface area contributed by atoms with Crippen LogP contribution in [0.4, 0.5) is 13.2 Å². The molecule has 0 N–H and O–H groups in total. The van der Waals surface area contributed by atoms with Crippen molar-refractivity contribution >= 4 is 25.8 Å². The average Bonchev–Trinajstić information content (AvgIpc) is 2.27. The van der Waals surface area contributed by atoms with Gasteiger partial charge in [0, 0.05) is 0 Å². The van der Waals surface area contributed by atoms with Crippen molar-refractivity contribution in [3.05, 3.63) is 24.3 Å². The quantitative estimate of drug-likeness (QED) is 0.787. The molecule has 1 aromatic rings. The number of para-hydroxylation sites is 1. The van der Waals surface area contributed by atoms with E-state index in [1.165, 1.54) is 31.4 Å². The Hall–Kier alpha value is -0.760. The van der Waals surface area contributed by atoms with Gasteiger partial charge in [-0.1, -0.05) is 28.1 Å². The standard InChI is InChI=1S/C10H10BrF3O3S/c1-17-7-4-2-3-5-8(7)18(15,16)6-9(11)10(12,13)14/h2-5,9H,6H2,1H3. The molecule has 3 nitrogen and oxygen atoms in total. The summed E-state index contributed by atoms with van der Waals surface area (Å²) >= 11 is 2.33. The molecule has 0 amide bonds. The predicted octanol–water partition coefficient (Wildman–Crippen LogP) is 2.79. The summed E-state index contributed by atoms with van der Waals surface area (Å²) in [6, 6.07) is 5.55. The fourth-order valence-corrected chi connectivity index (χ4v) is 3.79. The molecule has 0 heterocycles. The van der Waals surface area contributed by atoms with E-state index in [4.69, 9.17) is 4.74 Å². The molecule has 0 aliphatic rings. The highest BCUT2D eigenvalue weighted by Gasteiger charge is 2.41. The third-order valence-corrected chi connectivity index (χ3v) is 5.18. The number of rotatable bonds is 4. The molecular formula is C10H10BrF3O3S. The summed E-state index contributed by atoms with van der Waals surface area (Å²) < 4.78 is 65.5. The van der Waals surface area contributed by atoms with Crippen LogP contribution >= 0.6 is 15.9 Å². The predicted molar refractivity (Wildman–Crippen MR) is 63.8 cm³/mol. The lowest BCUT2D eigenvalue weighted by atomic mass is 10.3. The maximum Gasteiger partial charge on any atom is 0.402 e. The molecule has 0 saturated carbocycles. The molecule has 1 aromatic carbocycles. The Morgan fingerprint density at radius 2 is 1.89 bits per heavy atom. The Balaban J connectivity index is 3.08. The van der Waals surface area contributed by atoms with Crippen LogP contribution in [0.2, 0.25) is 0 Å². The summed E-state index contributed by atoms with van der Waals surface area (Å²) in [5.41, 5.74) is 0. The van der Waals surface area contributed by atoms with Crippen molar-refractivity contribution in [1.82, 2.24) is 0 Å². The lowest BCUT2D eigenvalue weighted by molar-refractivity contribution is -0.123. The number of hydrogen-bond donors (Lipinski definition) is 0. The topological polar surface area (TPSA) is 43.4 Å². The van der Waals surface area contributed by atoms with E-state index < -0.39 is 26.6 Å². The van der Waals surface area contributed by atoms with Crippen molar-refractivity contribution in [3.8, 4) is 5.75 Å². The van der Waals surface area contributed by atoms with Gasteiger partial charge in [0.2, 0.25) is 0 Å². The van der Waals surface area contributed by atoms with Gasteiger partial charge in [-0.3, -0.25) is 0 Å². The minimum atomic E-state index is -4.62. The van der Waals surface area contributed by atoms with Gasteiger partial charge in [0.05, 0.1) is 12.9 Å². The highest BCUT2D eigenvalue weighted by atomic mass is 79.9. The maximum absolute atomic E-state index is 12.3. The molecule has 8 heteroatoms. The summed E-state index contributed by atoms with van der Waals surface area (Å²) in [4.78, 5) is -2.36. The van der Waals surface area contributed by atoms with Gasteiger partial charge in [-0.25, -0.2) is 8.42 Å². The van der Waals surface area contributed by atoms with Crippen LogP contribution in [-0.4, -0.2) is 32.3 Å². The van der Waals surface area contributed by atoms with Crippen LogP contribution < -0.4 is 4.74 Å². The number of hydrogen-bond acceptors (Lipinski definition) is 3. The SMILES string of the molecule is COc1ccccc1S(=O)(=O)CC(Br)C(F)(F)F. The van der Waals surface area contributed by atoms with Crippen molar-refractivity contribution in [3.63, 3.8) is 0 Å². The van der Waals surface area contributed by atoms with E-state index in [9.17, 15) is 21.6 Å². The molecule has 1 atom stereocenters. The van der Waals surface area contributed by atoms with E-state index >= 15 is 0 Å². The van der Waals surface area contributed by atoms with Crippen molar-refractivity contribution < 1.29 is 26.3 Å². The zero-order valence-electron chi connectivity index (χ0n) is 9.24. The molecule has 102 valence electrons. The molecule has 18 heavy (non-hydrogen) atoms. The first-order valence-corrected chi connectivity index (χ1v) is 7.32. The highest BCUT2D eigenvalue weighted by molar-refractivity contribution is 9.09. The van der Waals surface area contributed by atoms with Crippen molar-refractivity contribution in [2.45, 2.75) is 15.9 Å². The summed E-state index contributed by atoms with van der Waals surface area (Å²) in [5, 5.41) is 0. The van der Waals surface area contributed by atoms with Gasteiger partial charge in [0.25, 0.3) is 0 Å². The van der Waals surface area contributed by atoms with Gasteiger partial charge >= 0.3 is 6.18 Å². The summed E-state index contributed by atoms with van der Waals surface area (Å²) in [6.45, 7) is 0. The van der Waals surface area contributed by atoms with Crippen LogP contribution in [0.25, 0.3) is 0 Å². The van der Waals surface area contributed by atoms with Crippen LogP contribution in [0, 0.1) is 0 Å². The van der Waals surface area contributed by atoms with E-state index in [1.807, 2.05) is 0 Å². The first kappa shape index (κ1) is 15.3. The smallest absolute Gasteiger partial charge is 0.402 e. The van der Waals surface area contributed by atoms with Gasteiger partial charge < -0.3 is 4.74 Å². The molecule has 1 rings (SSSR count). The monoisotopic (exact) mass is 346 g/mol. The third kappa shape index (κ3) is 3.61. The van der Waals surface area contributed by atoms with E-state index in [1.54, 1.807) is 0 Å². The number of benzene rings is 1. The first-order chi connectivity index (χ1) is 8.18. The Morgan fingerprint density at radius 3 is 2.39 bits per heavy atom. The number of sulfone groups is 1. The molecule has 0 aliphatic heterocycles. The Labute approximate surface area is 111 Å². The van der Waals surface area contributed by atoms with Gasteiger partial charge in [0.15, 0.2) is 9.84 Å². The number of methoxy groups -OCH3 is 1. The van der Waals surface area contributed by atoms with Crippen LogP contribution in [0.5, 0.6) is 5.75 Å². The lowest BCUT2D eigenvalue weighted by Crippen LogP contribution is -2.30. The van der Waals surface area contributed by atoms with E-state index in [-0.39, 0.29) is 10.6 Å². The summed E-state index contributed by atoms with van der Waals surface area (Å²) in [7, 11) is -2.82. The molecule has 0 saturated heterocycles. The normalized spacial score (nSPS) is 14.3. The highest BCUT2D eigenvalue weighted by Crippen LogP contribution is 2.31. The number of ether oxygens (including phenoxy) is 1. The Kier molecular flexibility index (Phi) is 4.66. The van der Waals surface area contributed by atoms with E-state index in [0.29, 0.717) is 0 Å². The Morgan fingerprint density at radius 1 is 1.33 bits per heavy atom. The van der Waals surface area contributed by atoms with Crippen LogP contribution in [0.1, 0.15) is 0 Å². The van der Waals surface area contributed by atoms with Gasteiger partial charge in [-0.15, -0.1) is 0 Å². The second-order valence-electron chi connectivity index (χ2n) is 3.44. The van der Waals surface area contributed by atoms with Crippen molar-refractivity contribution in [2.75, 3.05) is 12.9 Å². The minimum Gasteiger partial charge on any atom is -0.495 e. The molecule has 0 aromatic heterocycles. The number of alkyl halides is 4. The van der Waals surface area contributed by atoms with Crippen LogP contribution in [0.15, 0.2) is 29.2 Å². The average molecular weight is 347 g/mol. The lowest BCUT2D eigenvalue weighted by Gasteiger charge is -2.15. The number of halogens is 4. The van der Waals surface area contributed by atoms with E-state index in [2.05, 4.69) is 15.9 Å². The van der Waals surface area contributed by atoms with Crippen molar-refractivity contribution in [1.29, 1.82) is 0 Å². The second kappa shape index (κ2) is 5.48. The fraction of sp³-hybridized carbons (Fsp3) is 0.400. The zero-order chi connectivity index (χ0) is 14.0. The molecule has 0 radical (unpaired) electrons. The molecule has 0 spiro atoms. The van der Waals surface area contributed by atoms with Crippen LogP contribution in [-0.2, 0) is 9.84 Å². The van der Waals surface area contributed by atoms with Gasteiger partial charge in [-0.05, 0) is 12.1 Å². The molecule has 1 unspecified atom stereocenters. The zero-order valence-corrected chi connectivity index (χ0v) is 11.6. The largest absolute Gasteiger partial charge is 0.495 e. The van der Waals surface area contributed by atoms with Gasteiger partial charge in [0.1, 0.15) is 15.5 Å². The van der Waals surface area contributed by atoms with Crippen LogP contribution in [0.3, 0.4) is 0 Å². The third-order valence-electron chi connectivity index (χ3n) is 2.13.